The average molecular weight is 789 g/mol. The highest BCUT2D eigenvalue weighted by atomic mass is 16.5. The summed E-state index contributed by atoms with van der Waals surface area (Å²) >= 11 is 0. The summed E-state index contributed by atoms with van der Waals surface area (Å²) in [4.78, 5) is 13.7. The first-order chi connectivity index (χ1) is 30.2. The Balaban J connectivity index is 0.957. The van der Waals surface area contributed by atoms with Gasteiger partial charge in [-0.2, -0.15) is 0 Å². The van der Waals surface area contributed by atoms with E-state index in [2.05, 4.69) is 79.7 Å². The van der Waals surface area contributed by atoms with Crippen molar-refractivity contribution >= 4 is 81.8 Å². The zero-order chi connectivity index (χ0) is 39.2. The van der Waals surface area contributed by atoms with Crippen LogP contribution in [0.15, 0.2) is 72.8 Å². The summed E-state index contributed by atoms with van der Waals surface area (Å²) in [5.41, 5.74) is 15.5. The Bertz CT molecular complexity index is 3580. The van der Waals surface area contributed by atoms with Crippen molar-refractivity contribution in [2.45, 2.75) is 113 Å². The maximum absolute atomic E-state index is 13.7. The number of rotatable bonds is 12. The molecule has 8 aromatic carbocycles. The van der Waals surface area contributed by atoms with Crippen LogP contribution in [0.1, 0.15) is 141 Å². The first-order valence-corrected chi connectivity index (χ1v) is 24.7. The van der Waals surface area contributed by atoms with Crippen molar-refractivity contribution in [2.24, 2.45) is 29.1 Å². The lowest BCUT2D eigenvalue weighted by atomic mass is 9.62. The molecule has 2 spiro atoms. The van der Waals surface area contributed by atoms with Crippen molar-refractivity contribution in [3.05, 3.63) is 117 Å². The minimum absolute atomic E-state index is 0.0221. The Morgan fingerprint density at radius 1 is 0.705 bits per heavy atom. The van der Waals surface area contributed by atoms with Gasteiger partial charge in [-0.3, -0.25) is 4.79 Å². The van der Waals surface area contributed by atoms with Crippen LogP contribution in [-0.4, -0.2) is 12.6 Å². The number of unbranched alkanes of at least 4 members (excludes halogenated alkanes) is 5. The van der Waals surface area contributed by atoms with E-state index >= 15 is 0 Å². The van der Waals surface area contributed by atoms with Crippen molar-refractivity contribution in [3.8, 4) is 0 Å². The van der Waals surface area contributed by atoms with Gasteiger partial charge in [-0.25, -0.2) is 0 Å². The normalized spacial score (nSPS) is 34.5. The number of carbonyl (C=O) groups excluding carboxylic acids is 1. The van der Waals surface area contributed by atoms with Crippen LogP contribution in [0.4, 0.5) is 0 Å². The summed E-state index contributed by atoms with van der Waals surface area (Å²) in [5, 5.41) is 21.4. The number of carbonyl (C=O) groups is 1. The molecule has 3 fully saturated rings. The predicted octanol–water partition coefficient (Wildman–Crippen LogP) is 13.3. The van der Waals surface area contributed by atoms with E-state index in [-0.39, 0.29) is 22.2 Å². The molecule has 0 saturated heterocycles. The van der Waals surface area contributed by atoms with Gasteiger partial charge >= 0.3 is 5.97 Å². The average Bonchev–Trinajstić information content (AvgIpc) is 3.94. The third kappa shape index (κ3) is 2.71. The summed E-state index contributed by atoms with van der Waals surface area (Å²) in [6.45, 7) is 2.85. The summed E-state index contributed by atoms with van der Waals surface area (Å²) in [6.07, 6.45) is 21.9. The van der Waals surface area contributed by atoms with Crippen molar-refractivity contribution in [1.82, 2.24) is 0 Å². The molecular weight excluding hydrogens is 741 g/mol. The van der Waals surface area contributed by atoms with E-state index in [1.165, 1.54) is 49.3 Å². The van der Waals surface area contributed by atoms with Gasteiger partial charge in [-0.05, 0) is 182 Å². The molecular formula is C59H48O2. The fraction of sp³-hybridized carbons (Fsp3) is 0.407. The molecule has 10 atom stereocenters. The maximum Gasteiger partial charge on any atom is 0.305 e. The second-order valence-electron chi connectivity index (χ2n) is 22.0. The first kappa shape index (κ1) is 31.8. The van der Waals surface area contributed by atoms with E-state index < -0.39 is 0 Å². The molecule has 0 N–H and O–H groups in total. The van der Waals surface area contributed by atoms with E-state index in [1.807, 2.05) is 11.1 Å². The van der Waals surface area contributed by atoms with E-state index in [0.29, 0.717) is 54.5 Å². The predicted molar refractivity (Wildman–Crippen MR) is 246 cm³/mol. The Labute approximate surface area is 355 Å². The molecule has 2 nitrogen and oxygen atoms in total. The highest BCUT2D eigenvalue weighted by Crippen LogP contribution is 2.99. The van der Waals surface area contributed by atoms with Crippen LogP contribution < -0.4 is 5.22 Å². The lowest BCUT2D eigenvalue weighted by molar-refractivity contribution is -0.143. The van der Waals surface area contributed by atoms with E-state index in [9.17, 15) is 4.79 Å². The zero-order valence-electron chi connectivity index (χ0n) is 35.0. The minimum Gasteiger partial charge on any atom is -0.466 e. The molecule has 18 rings (SSSR count). The van der Waals surface area contributed by atoms with Gasteiger partial charge in [0.1, 0.15) is 0 Å². The van der Waals surface area contributed by atoms with Crippen LogP contribution in [0.5, 0.6) is 0 Å². The van der Waals surface area contributed by atoms with Gasteiger partial charge in [0.15, 0.2) is 0 Å². The topological polar surface area (TPSA) is 26.3 Å². The van der Waals surface area contributed by atoms with Crippen molar-refractivity contribution < 1.29 is 9.53 Å². The second-order valence-corrected chi connectivity index (χ2v) is 22.0. The van der Waals surface area contributed by atoms with E-state index in [1.54, 1.807) is 98.0 Å². The van der Waals surface area contributed by atoms with Gasteiger partial charge in [0.05, 0.1) is 6.61 Å². The highest BCUT2D eigenvalue weighted by molar-refractivity contribution is 6.51. The molecule has 2 heteroatoms. The van der Waals surface area contributed by atoms with Gasteiger partial charge in [0.25, 0.3) is 0 Å². The molecule has 296 valence electrons. The molecule has 61 heavy (non-hydrogen) atoms. The summed E-state index contributed by atoms with van der Waals surface area (Å²) in [6, 6.07) is 22.3. The number of allylic oxidation sites excluding steroid dienone is 4. The van der Waals surface area contributed by atoms with Crippen LogP contribution in [0, 0.1) is 29.1 Å². The van der Waals surface area contributed by atoms with Gasteiger partial charge in [-0.15, -0.1) is 0 Å². The van der Waals surface area contributed by atoms with Crippen molar-refractivity contribution in [3.63, 3.8) is 0 Å². The largest absolute Gasteiger partial charge is 0.466 e. The molecule has 8 aromatic rings. The Kier molecular flexibility index (Phi) is 5.04. The molecule has 10 aliphatic rings. The quantitative estimate of drug-likeness (QED) is 0.0533. The number of hydrogen-bond donors (Lipinski definition) is 0. The Morgan fingerprint density at radius 3 is 2.39 bits per heavy atom. The Morgan fingerprint density at radius 2 is 1.51 bits per heavy atom. The lowest BCUT2D eigenvalue weighted by Gasteiger charge is -2.40. The SMILES string of the molecule is CCCCCCCCOC(=O)CCCC1(c2ccccc2)C23C4=c5c6c7c8c9c%10c%11c%12ccc%13c%14ccc%15c%16c(c5c(c6%10)c(c%16%14)c%13%11)C5C%15C=CC(C45)C2CCC(C8=CCC9%12)C713. The van der Waals surface area contributed by atoms with Crippen LogP contribution in [-0.2, 0) is 20.4 Å². The fourth-order valence-corrected chi connectivity index (χ4v) is 20.0. The van der Waals surface area contributed by atoms with Crippen molar-refractivity contribution in [2.75, 3.05) is 6.61 Å². The van der Waals surface area contributed by atoms with Crippen LogP contribution in [0.2, 0.25) is 0 Å². The van der Waals surface area contributed by atoms with Crippen LogP contribution in [0.3, 0.4) is 0 Å². The van der Waals surface area contributed by atoms with Crippen LogP contribution in [0.25, 0.3) is 75.8 Å². The second kappa shape index (κ2) is 9.66. The lowest BCUT2D eigenvalue weighted by Crippen LogP contribution is -2.38. The molecule has 0 heterocycles. The minimum atomic E-state index is -0.0583. The summed E-state index contributed by atoms with van der Waals surface area (Å²) < 4.78 is 6.03. The molecule has 0 aromatic heterocycles. The molecule has 10 aliphatic carbocycles. The molecule has 0 radical (unpaired) electrons. The number of esters is 1. The summed E-state index contributed by atoms with van der Waals surface area (Å²) in [7, 11) is 0. The molecule has 10 unspecified atom stereocenters. The van der Waals surface area contributed by atoms with Crippen molar-refractivity contribution in [1.29, 1.82) is 0 Å². The fourth-order valence-electron chi connectivity index (χ4n) is 20.0. The van der Waals surface area contributed by atoms with Gasteiger partial charge in [0, 0.05) is 40.4 Å². The third-order valence-corrected chi connectivity index (χ3v) is 20.8. The standard InChI is InChI=1S/C59H48O2/c1-2-3-4-5-6-10-26-61-38(60)14-11-25-57(27-12-8-7-9-13-27)58-36-23-24-37-35-22-20-33-31-18-16-29-28-15-17-30-32-19-21-34(36)45-43(32)48-41(30)39(28)47-40(29)42(31)49-44(33)46(35)56(59(37,57)58)54-52(49)50(47)51(48)53(54)55(45)58/h7-9,12-13,15-19,21-22,32-34,36-37,43,45H,2-6,10-11,14,20,23-26H2,1H3. The number of fused-ring (bicyclic) bond motifs is 5. The van der Waals surface area contributed by atoms with Gasteiger partial charge < -0.3 is 4.74 Å². The summed E-state index contributed by atoms with van der Waals surface area (Å²) in [5.74, 6) is 3.72. The van der Waals surface area contributed by atoms with Gasteiger partial charge in [0.2, 0.25) is 0 Å². The third-order valence-electron chi connectivity index (χ3n) is 20.8. The van der Waals surface area contributed by atoms with Crippen LogP contribution >= 0.6 is 0 Å². The number of hydrogen-bond acceptors (Lipinski definition) is 2. The highest BCUT2D eigenvalue weighted by Gasteiger charge is 2.97. The monoisotopic (exact) mass is 788 g/mol. The number of benzene rings is 6. The maximum atomic E-state index is 13.7. The molecule has 3 saturated carbocycles. The smallest absolute Gasteiger partial charge is 0.305 e. The first-order valence-electron chi connectivity index (χ1n) is 24.7. The number of ether oxygens (including phenoxy) is 1. The molecule has 0 bridgehead atoms. The molecule has 0 amide bonds. The van der Waals surface area contributed by atoms with E-state index in [0.717, 1.165) is 32.1 Å². The molecule has 0 aliphatic heterocycles. The van der Waals surface area contributed by atoms with E-state index in [4.69, 9.17) is 4.74 Å². The van der Waals surface area contributed by atoms with Gasteiger partial charge in [-0.1, -0.05) is 112 Å². The zero-order valence-corrected chi connectivity index (χ0v) is 35.0. The Hall–Kier alpha value is -4.95.